The number of rotatable bonds is 7. The van der Waals surface area contributed by atoms with Crippen LogP contribution in [0.1, 0.15) is 59.2 Å². The molecule has 5 rings (SSSR count). The van der Waals surface area contributed by atoms with Crippen molar-refractivity contribution in [2.75, 3.05) is 6.54 Å². The Labute approximate surface area is 216 Å². The fourth-order valence-corrected chi connectivity index (χ4v) is 5.29. The van der Waals surface area contributed by atoms with Crippen molar-refractivity contribution in [2.45, 2.75) is 58.7 Å². The lowest BCUT2D eigenvalue weighted by atomic mass is 9.84. The van der Waals surface area contributed by atoms with Gasteiger partial charge in [0.05, 0.1) is 17.6 Å². The molecule has 192 valence electrons. The Bertz CT molecular complexity index is 1450. The van der Waals surface area contributed by atoms with E-state index in [0.29, 0.717) is 6.54 Å². The van der Waals surface area contributed by atoms with E-state index < -0.39 is 5.97 Å². The lowest BCUT2D eigenvalue weighted by Crippen LogP contribution is -2.32. The Balaban J connectivity index is 1.50. The molecular weight excluding hydrogens is 466 g/mol. The molecule has 4 aromatic rings. The minimum atomic E-state index is -0.830. The minimum absolute atomic E-state index is 0.00185. The van der Waals surface area contributed by atoms with Gasteiger partial charge in [-0.05, 0) is 66.3 Å². The zero-order chi connectivity index (χ0) is 26.1. The molecule has 2 aromatic heterocycles. The van der Waals surface area contributed by atoms with Crippen molar-refractivity contribution in [2.24, 2.45) is 7.05 Å². The Morgan fingerprint density at radius 1 is 1.22 bits per heavy atom. The molecule has 0 saturated heterocycles. The van der Waals surface area contributed by atoms with Crippen LogP contribution in [0.4, 0.5) is 0 Å². The summed E-state index contributed by atoms with van der Waals surface area (Å²) in [5, 5.41) is 18.3. The van der Waals surface area contributed by atoms with Gasteiger partial charge in [-0.1, -0.05) is 36.4 Å². The number of carbonyl (C=O) groups is 1. The van der Waals surface area contributed by atoms with Gasteiger partial charge < -0.3 is 9.84 Å². The molecule has 1 N–H and O–H groups in total. The van der Waals surface area contributed by atoms with Crippen LogP contribution in [0.15, 0.2) is 48.7 Å². The number of carboxylic acid groups (broad SMARTS) is 1. The van der Waals surface area contributed by atoms with E-state index in [-0.39, 0.29) is 18.4 Å². The predicted molar refractivity (Wildman–Crippen MR) is 142 cm³/mol. The average molecular weight is 500 g/mol. The zero-order valence-electron chi connectivity index (χ0n) is 21.8. The van der Waals surface area contributed by atoms with E-state index in [2.05, 4.69) is 52.2 Å². The molecule has 37 heavy (non-hydrogen) atoms. The second-order valence-corrected chi connectivity index (χ2v) is 9.96. The molecule has 0 spiro atoms. The van der Waals surface area contributed by atoms with Crippen molar-refractivity contribution in [3.05, 3.63) is 82.2 Å². The smallest absolute Gasteiger partial charge is 0.304 e. The van der Waals surface area contributed by atoms with E-state index >= 15 is 0 Å². The van der Waals surface area contributed by atoms with Crippen LogP contribution in [0.5, 0.6) is 5.75 Å². The molecule has 0 amide bonds. The molecule has 1 unspecified atom stereocenters. The quantitative estimate of drug-likeness (QED) is 0.392. The van der Waals surface area contributed by atoms with Gasteiger partial charge in [-0.25, -0.2) is 4.68 Å². The van der Waals surface area contributed by atoms with Crippen LogP contribution >= 0.6 is 0 Å². The van der Waals surface area contributed by atoms with Crippen molar-refractivity contribution in [3.8, 4) is 5.75 Å². The zero-order valence-corrected chi connectivity index (χ0v) is 21.8. The predicted octanol–water partition coefficient (Wildman–Crippen LogP) is 4.76. The molecule has 2 aromatic carbocycles. The van der Waals surface area contributed by atoms with E-state index in [9.17, 15) is 9.90 Å². The molecule has 0 aliphatic carbocycles. The summed E-state index contributed by atoms with van der Waals surface area (Å²) < 4.78 is 7.98. The number of aryl methyl sites for hydroxylation is 3. The van der Waals surface area contributed by atoms with E-state index in [1.54, 1.807) is 4.68 Å². The number of carboxylic acids is 1. The SMILES string of the molecule is CC[C@@H]1CN(Cc2cc(C(CC(=O)O)c3ccc4c(nnn4C)c3C)ccc2C)Cc2ncccc2O1. The molecule has 0 saturated carbocycles. The number of fused-ring (bicyclic) bond motifs is 2. The maximum atomic E-state index is 12.0. The molecule has 1 aliphatic rings. The Morgan fingerprint density at radius 2 is 2.05 bits per heavy atom. The number of aliphatic carboxylic acids is 1. The summed E-state index contributed by atoms with van der Waals surface area (Å²) in [4.78, 5) is 18.9. The first-order valence-corrected chi connectivity index (χ1v) is 12.8. The van der Waals surface area contributed by atoms with Crippen LogP contribution in [0, 0.1) is 13.8 Å². The summed E-state index contributed by atoms with van der Waals surface area (Å²) in [5.41, 5.74) is 7.98. The minimum Gasteiger partial charge on any atom is -0.487 e. The number of benzene rings is 2. The first kappa shape index (κ1) is 24.9. The molecule has 0 bridgehead atoms. The molecule has 3 heterocycles. The van der Waals surface area contributed by atoms with E-state index in [1.807, 2.05) is 44.4 Å². The molecule has 2 atom stereocenters. The van der Waals surface area contributed by atoms with Gasteiger partial charge in [0.25, 0.3) is 0 Å². The maximum absolute atomic E-state index is 12.0. The Kier molecular flexibility index (Phi) is 6.93. The Morgan fingerprint density at radius 3 is 2.84 bits per heavy atom. The fourth-order valence-electron chi connectivity index (χ4n) is 5.29. The number of aromatic nitrogens is 4. The standard InChI is InChI=1S/C29H33N5O3/c1-5-22-16-34(17-25-27(37-22)7-6-12-30-25)15-21-13-20(9-8-18(21)2)24(14-28(35)36)23-10-11-26-29(19(23)3)31-32-33(26)4/h6-13,22,24H,5,14-17H2,1-4H3,(H,35,36)/t22-,24?/m1/s1. The van der Waals surface area contributed by atoms with Gasteiger partial charge >= 0.3 is 5.97 Å². The van der Waals surface area contributed by atoms with Crippen LogP contribution in [-0.2, 0) is 24.9 Å². The summed E-state index contributed by atoms with van der Waals surface area (Å²) in [6.07, 6.45) is 2.82. The highest BCUT2D eigenvalue weighted by molar-refractivity contribution is 5.80. The summed E-state index contributed by atoms with van der Waals surface area (Å²) >= 11 is 0. The third-order valence-electron chi connectivity index (χ3n) is 7.44. The average Bonchev–Trinajstić information content (AvgIpc) is 3.16. The fraction of sp³-hybridized carbons (Fsp3) is 0.379. The van der Waals surface area contributed by atoms with Gasteiger partial charge in [0.2, 0.25) is 0 Å². The highest BCUT2D eigenvalue weighted by Crippen LogP contribution is 2.35. The van der Waals surface area contributed by atoms with E-state index in [4.69, 9.17) is 4.74 Å². The number of hydrogen-bond donors (Lipinski definition) is 1. The molecule has 0 radical (unpaired) electrons. The largest absolute Gasteiger partial charge is 0.487 e. The van der Waals surface area contributed by atoms with Crippen molar-refractivity contribution in [3.63, 3.8) is 0 Å². The second-order valence-electron chi connectivity index (χ2n) is 9.96. The van der Waals surface area contributed by atoms with Crippen LogP contribution in [-0.4, -0.2) is 48.6 Å². The third kappa shape index (κ3) is 5.06. The number of pyridine rings is 1. The summed E-state index contributed by atoms with van der Waals surface area (Å²) in [6.45, 7) is 8.50. The normalized spacial score (nSPS) is 16.7. The van der Waals surface area contributed by atoms with Gasteiger partial charge in [-0.3, -0.25) is 14.7 Å². The van der Waals surface area contributed by atoms with Gasteiger partial charge in [0.15, 0.2) is 0 Å². The van der Waals surface area contributed by atoms with Gasteiger partial charge in [-0.2, -0.15) is 0 Å². The summed E-state index contributed by atoms with van der Waals surface area (Å²) in [6, 6.07) is 14.3. The molecule has 8 nitrogen and oxygen atoms in total. The lowest BCUT2D eigenvalue weighted by molar-refractivity contribution is -0.137. The van der Waals surface area contributed by atoms with E-state index in [0.717, 1.165) is 58.7 Å². The summed E-state index contributed by atoms with van der Waals surface area (Å²) in [5.74, 6) is -0.260. The summed E-state index contributed by atoms with van der Waals surface area (Å²) in [7, 11) is 1.86. The van der Waals surface area contributed by atoms with Crippen LogP contribution in [0.25, 0.3) is 11.0 Å². The first-order chi connectivity index (χ1) is 17.8. The number of nitrogens with zero attached hydrogens (tertiary/aromatic N) is 5. The van der Waals surface area contributed by atoms with Crippen molar-refractivity contribution in [1.82, 2.24) is 24.9 Å². The first-order valence-electron chi connectivity index (χ1n) is 12.8. The second kappa shape index (κ2) is 10.3. The molecular formula is C29H33N5O3. The van der Waals surface area contributed by atoms with Gasteiger partial charge in [0, 0.05) is 38.8 Å². The highest BCUT2D eigenvalue weighted by atomic mass is 16.5. The van der Waals surface area contributed by atoms with Crippen molar-refractivity contribution in [1.29, 1.82) is 0 Å². The maximum Gasteiger partial charge on any atom is 0.304 e. The number of ether oxygens (including phenoxy) is 1. The van der Waals surface area contributed by atoms with E-state index in [1.165, 1.54) is 11.1 Å². The topological polar surface area (TPSA) is 93.4 Å². The van der Waals surface area contributed by atoms with Crippen LogP contribution in [0.3, 0.4) is 0 Å². The van der Waals surface area contributed by atoms with Gasteiger partial charge in [0.1, 0.15) is 17.4 Å². The van der Waals surface area contributed by atoms with Crippen molar-refractivity contribution < 1.29 is 14.6 Å². The molecule has 8 heteroatoms. The van der Waals surface area contributed by atoms with Crippen LogP contribution < -0.4 is 4.74 Å². The number of hydrogen-bond acceptors (Lipinski definition) is 6. The third-order valence-corrected chi connectivity index (χ3v) is 7.44. The van der Waals surface area contributed by atoms with Gasteiger partial charge in [-0.15, -0.1) is 5.10 Å². The molecule has 0 fully saturated rings. The highest BCUT2D eigenvalue weighted by Gasteiger charge is 2.25. The monoisotopic (exact) mass is 499 g/mol. The Hall–Kier alpha value is -3.78. The van der Waals surface area contributed by atoms with Crippen molar-refractivity contribution >= 4 is 17.0 Å². The van der Waals surface area contributed by atoms with Crippen LogP contribution in [0.2, 0.25) is 0 Å². The molecule has 1 aliphatic heterocycles. The lowest BCUT2D eigenvalue weighted by Gasteiger charge is -2.25.